The summed E-state index contributed by atoms with van der Waals surface area (Å²) < 4.78 is 13.6. The lowest BCUT2D eigenvalue weighted by Crippen LogP contribution is -2.26. The van der Waals surface area contributed by atoms with Crippen LogP contribution in [0.3, 0.4) is 0 Å². The molecule has 2 aromatic carbocycles. The third kappa shape index (κ3) is 4.55. The number of hydrogen-bond acceptors (Lipinski definition) is 3. The van der Waals surface area contributed by atoms with Crippen LogP contribution in [0.5, 0.6) is 0 Å². The van der Waals surface area contributed by atoms with Crippen LogP contribution < -0.4 is 10.6 Å². The van der Waals surface area contributed by atoms with Crippen LogP contribution >= 0.6 is 11.3 Å². The smallest absolute Gasteiger partial charge is 0.265 e. The van der Waals surface area contributed by atoms with Crippen LogP contribution in [0.2, 0.25) is 0 Å². The number of amides is 2. The first-order valence-corrected chi connectivity index (χ1v) is 8.98. The minimum atomic E-state index is -0.278. The van der Waals surface area contributed by atoms with Gasteiger partial charge in [-0.15, -0.1) is 11.3 Å². The van der Waals surface area contributed by atoms with Gasteiger partial charge in [-0.25, -0.2) is 4.39 Å². The van der Waals surface area contributed by atoms with E-state index >= 15 is 0 Å². The summed E-state index contributed by atoms with van der Waals surface area (Å²) in [6.45, 7) is 0.325. The fourth-order valence-electron chi connectivity index (χ4n) is 2.45. The first-order valence-electron chi connectivity index (χ1n) is 8.10. The molecule has 0 radical (unpaired) electrons. The van der Waals surface area contributed by atoms with Crippen molar-refractivity contribution in [1.29, 1.82) is 0 Å². The van der Waals surface area contributed by atoms with Gasteiger partial charge in [-0.05, 0) is 47.7 Å². The lowest BCUT2D eigenvalue weighted by atomic mass is 10.1. The standard InChI is InChI=1S/C20H17FN2O2S/c21-17-8-2-1-5-14(17)10-11-22-19(24)15-6-3-7-16(13-15)23-20(25)18-9-4-12-26-18/h1-9,12-13H,10-11H2,(H,22,24)(H,23,25). The highest BCUT2D eigenvalue weighted by Gasteiger charge is 2.10. The predicted molar refractivity (Wildman–Crippen MR) is 101 cm³/mol. The largest absolute Gasteiger partial charge is 0.352 e. The molecule has 0 fully saturated rings. The molecule has 0 aliphatic heterocycles. The number of nitrogens with one attached hydrogen (secondary N) is 2. The summed E-state index contributed by atoms with van der Waals surface area (Å²) in [4.78, 5) is 25.0. The van der Waals surface area contributed by atoms with E-state index in [-0.39, 0.29) is 17.6 Å². The van der Waals surface area contributed by atoms with Gasteiger partial charge in [0.15, 0.2) is 0 Å². The Morgan fingerprint density at radius 2 is 1.81 bits per heavy atom. The van der Waals surface area contributed by atoms with Crippen LogP contribution in [0.15, 0.2) is 66.0 Å². The Bertz CT molecular complexity index is 910. The first-order chi connectivity index (χ1) is 12.6. The third-order valence-electron chi connectivity index (χ3n) is 3.77. The highest BCUT2D eigenvalue weighted by Crippen LogP contribution is 2.15. The maximum Gasteiger partial charge on any atom is 0.265 e. The molecule has 0 spiro atoms. The van der Waals surface area contributed by atoms with Gasteiger partial charge in [-0.1, -0.05) is 30.3 Å². The average Bonchev–Trinajstić information content (AvgIpc) is 3.18. The second-order valence-corrected chi connectivity index (χ2v) is 6.56. The van der Waals surface area contributed by atoms with Crippen LogP contribution in [0.1, 0.15) is 25.6 Å². The Balaban J connectivity index is 1.58. The van der Waals surface area contributed by atoms with Crippen molar-refractivity contribution in [2.45, 2.75) is 6.42 Å². The quantitative estimate of drug-likeness (QED) is 0.688. The van der Waals surface area contributed by atoms with Gasteiger partial charge in [0.05, 0.1) is 4.88 Å². The average molecular weight is 368 g/mol. The number of benzene rings is 2. The van der Waals surface area contributed by atoms with Gasteiger partial charge in [0.2, 0.25) is 0 Å². The van der Waals surface area contributed by atoms with Crippen LogP contribution in [-0.4, -0.2) is 18.4 Å². The highest BCUT2D eigenvalue weighted by atomic mass is 32.1. The van der Waals surface area contributed by atoms with Crippen molar-refractivity contribution in [3.8, 4) is 0 Å². The van der Waals surface area contributed by atoms with E-state index in [9.17, 15) is 14.0 Å². The van der Waals surface area contributed by atoms with Gasteiger partial charge in [0, 0.05) is 17.8 Å². The van der Waals surface area contributed by atoms with E-state index in [2.05, 4.69) is 10.6 Å². The molecule has 0 saturated carbocycles. The van der Waals surface area contributed by atoms with E-state index in [1.165, 1.54) is 17.4 Å². The molecular formula is C20H17FN2O2S. The summed E-state index contributed by atoms with van der Waals surface area (Å²) in [6, 6.07) is 16.7. The van der Waals surface area contributed by atoms with Gasteiger partial charge >= 0.3 is 0 Å². The molecule has 3 aromatic rings. The molecule has 0 atom stereocenters. The predicted octanol–water partition coefficient (Wildman–Crippen LogP) is 4.11. The molecule has 1 heterocycles. The topological polar surface area (TPSA) is 58.2 Å². The lowest BCUT2D eigenvalue weighted by molar-refractivity contribution is 0.0952. The number of carbonyl (C=O) groups excluding carboxylic acids is 2. The van der Waals surface area contributed by atoms with E-state index in [0.717, 1.165) is 0 Å². The SMILES string of the molecule is O=C(NCCc1ccccc1F)c1cccc(NC(=O)c2cccs2)c1. The molecule has 0 saturated heterocycles. The Labute approximate surface area is 154 Å². The Kier molecular flexibility index (Phi) is 5.76. The van der Waals surface area contributed by atoms with Crippen LogP contribution in [-0.2, 0) is 6.42 Å². The second-order valence-electron chi connectivity index (χ2n) is 5.61. The molecule has 4 nitrogen and oxygen atoms in total. The number of carbonyl (C=O) groups is 2. The molecule has 0 aliphatic rings. The third-order valence-corrected chi connectivity index (χ3v) is 4.63. The summed E-state index contributed by atoms with van der Waals surface area (Å²) in [5.41, 5.74) is 1.54. The Hall–Kier alpha value is -2.99. The number of halogens is 1. The molecule has 132 valence electrons. The zero-order valence-corrected chi connectivity index (χ0v) is 14.7. The van der Waals surface area contributed by atoms with Gasteiger partial charge in [0.25, 0.3) is 11.8 Å². The molecule has 0 bridgehead atoms. The van der Waals surface area contributed by atoms with E-state index < -0.39 is 0 Å². The van der Waals surface area contributed by atoms with E-state index in [1.807, 2.05) is 5.38 Å². The molecule has 0 aliphatic carbocycles. The van der Waals surface area contributed by atoms with Crippen molar-refractivity contribution >= 4 is 28.8 Å². The van der Waals surface area contributed by atoms with Crippen molar-refractivity contribution < 1.29 is 14.0 Å². The molecule has 2 N–H and O–H groups in total. The Morgan fingerprint density at radius 1 is 0.962 bits per heavy atom. The molecule has 0 unspecified atom stereocenters. The van der Waals surface area contributed by atoms with E-state index in [4.69, 9.17) is 0 Å². The minimum absolute atomic E-state index is 0.211. The highest BCUT2D eigenvalue weighted by molar-refractivity contribution is 7.12. The normalized spacial score (nSPS) is 10.3. The summed E-state index contributed by atoms with van der Waals surface area (Å²) in [5, 5.41) is 7.37. The number of hydrogen-bond donors (Lipinski definition) is 2. The zero-order valence-electron chi connectivity index (χ0n) is 13.9. The van der Waals surface area contributed by atoms with Crippen molar-refractivity contribution in [2.75, 3.05) is 11.9 Å². The molecular weight excluding hydrogens is 351 g/mol. The van der Waals surface area contributed by atoms with Gasteiger partial charge in [-0.2, -0.15) is 0 Å². The minimum Gasteiger partial charge on any atom is -0.352 e. The van der Waals surface area contributed by atoms with Crippen molar-refractivity contribution in [3.63, 3.8) is 0 Å². The molecule has 3 rings (SSSR count). The van der Waals surface area contributed by atoms with Crippen LogP contribution in [0, 0.1) is 5.82 Å². The van der Waals surface area contributed by atoms with E-state index in [1.54, 1.807) is 54.6 Å². The van der Waals surface area contributed by atoms with Crippen LogP contribution in [0.4, 0.5) is 10.1 Å². The van der Waals surface area contributed by atoms with Crippen molar-refractivity contribution in [3.05, 3.63) is 87.9 Å². The molecule has 2 amide bonds. The van der Waals surface area contributed by atoms with Crippen LogP contribution in [0.25, 0.3) is 0 Å². The Morgan fingerprint density at radius 3 is 2.58 bits per heavy atom. The van der Waals surface area contributed by atoms with Crippen molar-refractivity contribution in [1.82, 2.24) is 5.32 Å². The molecule has 1 aromatic heterocycles. The lowest BCUT2D eigenvalue weighted by Gasteiger charge is -2.08. The monoisotopic (exact) mass is 368 g/mol. The summed E-state index contributed by atoms with van der Waals surface area (Å²) in [7, 11) is 0. The van der Waals surface area contributed by atoms with E-state index in [0.29, 0.717) is 34.7 Å². The number of rotatable bonds is 6. The maximum atomic E-state index is 13.6. The van der Waals surface area contributed by atoms with Crippen molar-refractivity contribution in [2.24, 2.45) is 0 Å². The summed E-state index contributed by atoms with van der Waals surface area (Å²) in [5.74, 6) is -0.759. The number of thiophene rings is 1. The second kappa shape index (κ2) is 8.40. The van der Waals surface area contributed by atoms with Gasteiger partial charge in [-0.3, -0.25) is 9.59 Å². The van der Waals surface area contributed by atoms with Gasteiger partial charge < -0.3 is 10.6 Å². The first kappa shape index (κ1) is 17.8. The number of anilines is 1. The fraction of sp³-hybridized carbons (Fsp3) is 0.100. The molecule has 26 heavy (non-hydrogen) atoms. The maximum absolute atomic E-state index is 13.6. The van der Waals surface area contributed by atoms with Gasteiger partial charge in [0.1, 0.15) is 5.82 Å². The molecule has 6 heteroatoms. The fourth-order valence-corrected chi connectivity index (χ4v) is 3.07. The summed E-state index contributed by atoms with van der Waals surface area (Å²) >= 11 is 1.35. The zero-order chi connectivity index (χ0) is 18.4. The summed E-state index contributed by atoms with van der Waals surface area (Å²) in [6.07, 6.45) is 0.410.